The number of hydrogen-bond donors (Lipinski definition) is 1. The number of esters is 1. The third kappa shape index (κ3) is 5.02. The summed E-state index contributed by atoms with van der Waals surface area (Å²) in [4.78, 5) is 16.8. The van der Waals surface area contributed by atoms with Gasteiger partial charge in [0.1, 0.15) is 0 Å². The molecule has 112 valence electrons. The summed E-state index contributed by atoms with van der Waals surface area (Å²) in [5.41, 5.74) is 1.49. The highest BCUT2D eigenvalue weighted by atomic mass is 35.5. The Bertz CT molecular complexity index is 596. The lowest BCUT2D eigenvalue weighted by Crippen LogP contribution is -2.10. The molecule has 2 aromatic rings. The van der Waals surface area contributed by atoms with Crippen molar-refractivity contribution in [3.8, 4) is 0 Å². The van der Waals surface area contributed by atoms with E-state index in [-0.39, 0.29) is 5.97 Å². The Labute approximate surface area is 133 Å². The maximum absolute atomic E-state index is 11.8. The molecule has 0 bridgehead atoms. The summed E-state index contributed by atoms with van der Waals surface area (Å²) in [5, 5.41) is 3.25. The molecule has 1 N–H and O–H groups in total. The second kappa shape index (κ2) is 7.43. The zero-order valence-electron chi connectivity index (χ0n) is 11.9. The second-order valence-corrected chi connectivity index (χ2v) is 6.70. The van der Waals surface area contributed by atoms with Gasteiger partial charge < -0.3 is 10.1 Å². The first-order chi connectivity index (χ1) is 10.0. The molecule has 0 spiro atoms. The molecule has 0 fully saturated rings. The zero-order chi connectivity index (χ0) is 15.2. The molecule has 0 unspecified atom stereocenters. The number of nitrogens with one attached hydrogen (secondary N) is 1. The Balaban J connectivity index is 1.88. The van der Waals surface area contributed by atoms with Crippen LogP contribution in [-0.4, -0.2) is 17.6 Å². The van der Waals surface area contributed by atoms with Gasteiger partial charge in [-0.05, 0) is 30.2 Å². The van der Waals surface area contributed by atoms with Crippen LogP contribution in [0.2, 0.25) is 4.47 Å². The van der Waals surface area contributed by atoms with Crippen LogP contribution in [0.5, 0.6) is 0 Å². The van der Waals surface area contributed by atoms with Crippen LogP contribution in [0.4, 0.5) is 5.69 Å². The Morgan fingerprint density at radius 2 is 2.10 bits per heavy atom. The van der Waals surface area contributed by atoms with Crippen molar-refractivity contribution in [1.82, 2.24) is 4.98 Å². The summed E-state index contributed by atoms with van der Waals surface area (Å²) in [6.45, 7) is 5.10. The van der Waals surface area contributed by atoms with Gasteiger partial charge in [0, 0.05) is 16.8 Å². The fourth-order valence-electron chi connectivity index (χ4n) is 1.60. The molecule has 0 atom stereocenters. The van der Waals surface area contributed by atoms with Gasteiger partial charge in [-0.1, -0.05) is 25.4 Å². The first-order valence-corrected chi connectivity index (χ1v) is 7.85. The number of halogens is 1. The average Bonchev–Trinajstić information content (AvgIpc) is 2.89. The Morgan fingerprint density at radius 1 is 1.38 bits per heavy atom. The lowest BCUT2D eigenvalue weighted by Gasteiger charge is -2.08. The molecule has 0 saturated heterocycles. The van der Waals surface area contributed by atoms with Crippen LogP contribution in [0, 0.1) is 5.92 Å². The Hall–Kier alpha value is -1.59. The van der Waals surface area contributed by atoms with Gasteiger partial charge in [-0.15, -0.1) is 11.3 Å². The fraction of sp³-hybridized carbons (Fsp3) is 0.333. The highest BCUT2D eigenvalue weighted by molar-refractivity contribution is 7.15. The van der Waals surface area contributed by atoms with Crippen LogP contribution in [0.3, 0.4) is 0 Å². The van der Waals surface area contributed by atoms with Crippen LogP contribution >= 0.6 is 22.9 Å². The van der Waals surface area contributed by atoms with Crippen molar-refractivity contribution >= 4 is 34.6 Å². The zero-order valence-corrected chi connectivity index (χ0v) is 13.5. The number of rotatable bonds is 6. The first-order valence-electron chi connectivity index (χ1n) is 6.66. The van der Waals surface area contributed by atoms with Crippen LogP contribution in [0.1, 0.15) is 29.1 Å². The number of nitrogens with zero attached hydrogens (tertiary/aromatic N) is 1. The molecular formula is C15H17ClN2O2S. The molecule has 1 aromatic heterocycles. The van der Waals surface area contributed by atoms with E-state index in [0.29, 0.717) is 29.1 Å². The lowest BCUT2D eigenvalue weighted by molar-refractivity contribution is 0.0459. The van der Waals surface area contributed by atoms with Crippen molar-refractivity contribution < 1.29 is 9.53 Å². The van der Waals surface area contributed by atoms with Crippen molar-refractivity contribution in [3.63, 3.8) is 0 Å². The number of benzene rings is 1. The molecule has 4 nitrogen and oxygen atoms in total. The van der Waals surface area contributed by atoms with Gasteiger partial charge in [0.15, 0.2) is 4.47 Å². The molecule has 0 aliphatic carbocycles. The molecule has 0 amide bonds. The molecule has 0 aliphatic rings. The van der Waals surface area contributed by atoms with E-state index in [4.69, 9.17) is 16.3 Å². The number of aromatic nitrogens is 1. The smallest absolute Gasteiger partial charge is 0.338 e. The van der Waals surface area contributed by atoms with Gasteiger partial charge in [0.2, 0.25) is 0 Å². The lowest BCUT2D eigenvalue weighted by atomic mass is 10.2. The molecule has 0 aliphatic heterocycles. The van der Waals surface area contributed by atoms with Gasteiger partial charge in [0.05, 0.1) is 18.7 Å². The minimum absolute atomic E-state index is 0.288. The average molecular weight is 325 g/mol. The standard InChI is InChI=1S/C15H17ClN2O2S/c1-10(2)9-20-14(19)11-3-5-12(6-4-11)17-7-13-8-18-15(16)21-13/h3-6,8,10,17H,7,9H2,1-2H3. The highest BCUT2D eigenvalue weighted by Gasteiger charge is 2.08. The summed E-state index contributed by atoms with van der Waals surface area (Å²) in [6, 6.07) is 7.22. The van der Waals surface area contributed by atoms with Crippen molar-refractivity contribution in [2.24, 2.45) is 5.92 Å². The van der Waals surface area contributed by atoms with E-state index in [2.05, 4.69) is 10.3 Å². The molecular weight excluding hydrogens is 308 g/mol. The van der Waals surface area contributed by atoms with Crippen molar-refractivity contribution in [3.05, 3.63) is 45.4 Å². The molecule has 0 radical (unpaired) electrons. The minimum Gasteiger partial charge on any atom is -0.462 e. The van der Waals surface area contributed by atoms with E-state index in [0.717, 1.165) is 10.6 Å². The van der Waals surface area contributed by atoms with Crippen LogP contribution in [0.15, 0.2) is 30.5 Å². The van der Waals surface area contributed by atoms with Crippen LogP contribution < -0.4 is 5.32 Å². The molecule has 2 rings (SSSR count). The molecule has 21 heavy (non-hydrogen) atoms. The van der Waals surface area contributed by atoms with Crippen molar-refractivity contribution in [2.75, 3.05) is 11.9 Å². The third-order valence-corrected chi connectivity index (χ3v) is 3.78. The maximum atomic E-state index is 11.8. The Morgan fingerprint density at radius 3 is 2.67 bits per heavy atom. The van der Waals surface area contributed by atoms with Gasteiger partial charge >= 0.3 is 5.97 Å². The largest absolute Gasteiger partial charge is 0.462 e. The molecule has 1 heterocycles. The number of thiazole rings is 1. The van der Waals surface area contributed by atoms with Crippen molar-refractivity contribution in [1.29, 1.82) is 0 Å². The van der Waals surface area contributed by atoms with Gasteiger partial charge in [-0.25, -0.2) is 9.78 Å². The number of carbonyl (C=O) groups excluding carboxylic acids is 1. The predicted octanol–water partition coefficient (Wildman–Crippen LogP) is 4.22. The third-order valence-electron chi connectivity index (χ3n) is 2.66. The number of anilines is 1. The van der Waals surface area contributed by atoms with E-state index in [9.17, 15) is 4.79 Å². The number of carbonyl (C=O) groups is 1. The number of hydrogen-bond acceptors (Lipinski definition) is 5. The van der Waals surface area contributed by atoms with E-state index in [1.807, 2.05) is 26.0 Å². The minimum atomic E-state index is -0.288. The molecule has 0 saturated carbocycles. The maximum Gasteiger partial charge on any atom is 0.338 e. The quantitative estimate of drug-likeness (QED) is 0.808. The SMILES string of the molecule is CC(C)COC(=O)c1ccc(NCc2cnc(Cl)s2)cc1. The normalized spacial score (nSPS) is 10.7. The van der Waals surface area contributed by atoms with Crippen LogP contribution in [-0.2, 0) is 11.3 Å². The van der Waals surface area contributed by atoms with Crippen molar-refractivity contribution in [2.45, 2.75) is 20.4 Å². The summed E-state index contributed by atoms with van der Waals surface area (Å²) in [5.74, 6) is 0.0469. The van der Waals surface area contributed by atoms with Gasteiger partial charge in [0.25, 0.3) is 0 Å². The Kier molecular flexibility index (Phi) is 5.59. The fourth-order valence-corrected chi connectivity index (χ4v) is 2.52. The molecule has 1 aromatic carbocycles. The van der Waals surface area contributed by atoms with Gasteiger partial charge in [-0.2, -0.15) is 0 Å². The molecule has 6 heteroatoms. The monoisotopic (exact) mass is 324 g/mol. The van der Waals surface area contributed by atoms with E-state index in [1.165, 1.54) is 11.3 Å². The predicted molar refractivity (Wildman–Crippen MR) is 86.0 cm³/mol. The first kappa shape index (κ1) is 15.8. The van der Waals surface area contributed by atoms with Crippen LogP contribution in [0.25, 0.3) is 0 Å². The van der Waals surface area contributed by atoms with E-state index >= 15 is 0 Å². The van der Waals surface area contributed by atoms with Gasteiger partial charge in [-0.3, -0.25) is 0 Å². The summed E-state index contributed by atoms with van der Waals surface area (Å²) >= 11 is 7.22. The summed E-state index contributed by atoms with van der Waals surface area (Å²) < 4.78 is 5.72. The topological polar surface area (TPSA) is 51.2 Å². The van der Waals surface area contributed by atoms with E-state index < -0.39 is 0 Å². The summed E-state index contributed by atoms with van der Waals surface area (Å²) in [7, 11) is 0. The summed E-state index contributed by atoms with van der Waals surface area (Å²) in [6.07, 6.45) is 1.75. The number of ether oxygens (including phenoxy) is 1. The van der Waals surface area contributed by atoms with E-state index in [1.54, 1.807) is 18.3 Å². The highest BCUT2D eigenvalue weighted by Crippen LogP contribution is 2.19. The second-order valence-electron chi connectivity index (χ2n) is 5.00.